The first-order valence-corrected chi connectivity index (χ1v) is 5.23. The Labute approximate surface area is 90.5 Å². The van der Waals surface area contributed by atoms with Crippen LogP contribution >= 0.6 is 0 Å². The van der Waals surface area contributed by atoms with Crippen molar-refractivity contribution in [3.05, 3.63) is 12.2 Å². The van der Waals surface area contributed by atoms with Gasteiger partial charge in [0.1, 0.15) is 5.78 Å². The Morgan fingerprint density at radius 1 is 1.27 bits per heavy atom. The van der Waals surface area contributed by atoms with E-state index in [1.807, 2.05) is 19.1 Å². The number of ketones is 1. The average Bonchev–Trinajstić information content (AvgIpc) is 2.25. The standard InChI is InChI=1S/C11H19NO3/c1-2-3-4-5-8-15-11(14)7-6-10(13)9-12/h3-4H,2,5-9,12H2,1H3/b4-3-. The van der Waals surface area contributed by atoms with E-state index in [1.165, 1.54) is 0 Å². The molecule has 4 nitrogen and oxygen atoms in total. The lowest BCUT2D eigenvalue weighted by Crippen LogP contribution is -2.15. The fraction of sp³-hybridized carbons (Fsp3) is 0.636. The van der Waals surface area contributed by atoms with Gasteiger partial charge < -0.3 is 10.5 Å². The molecule has 0 aromatic rings. The van der Waals surface area contributed by atoms with Crippen molar-refractivity contribution in [2.75, 3.05) is 13.2 Å². The SMILES string of the molecule is CC/C=C\CCOC(=O)CCC(=O)CN. The minimum atomic E-state index is -0.332. The summed E-state index contributed by atoms with van der Waals surface area (Å²) < 4.78 is 4.90. The van der Waals surface area contributed by atoms with Gasteiger partial charge in [0.05, 0.1) is 19.6 Å². The zero-order valence-corrected chi connectivity index (χ0v) is 9.20. The van der Waals surface area contributed by atoms with Gasteiger partial charge in [0.25, 0.3) is 0 Å². The fourth-order valence-electron chi connectivity index (χ4n) is 0.941. The molecular formula is C11H19NO3. The molecular weight excluding hydrogens is 194 g/mol. The zero-order chi connectivity index (χ0) is 11.5. The Morgan fingerprint density at radius 2 is 2.00 bits per heavy atom. The highest BCUT2D eigenvalue weighted by atomic mass is 16.5. The first kappa shape index (κ1) is 13.8. The van der Waals surface area contributed by atoms with Crippen LogP contribution in [0.5, 0.6) is 0 Å². The largest absolute Gasteiger partial charge is 0.465 e. The van der Waals surface area contributed by atoms with Gasteiger partial charge in [-0.3, -0.25) is 9.59 Å². The fourth-order valence-corrected chi connectivity index (χ4v) is 0.941. The molecule has 0 fully saturated rings. The molecule has 0 rings (SSSR count). The third kappa shape index (κ3) is 9.15. The molecule has 2 N–H and O–H groups in total. The number of carbonyl (C=O) groups excluding carboxylic acids is 2. The van der Waals surface area contributed by atoms with Crippen LogP contribution in [-0.2, 0) is 14.3 Å². The maximum Gasteiger partial charge on any atom is 0.306 e. The molecule has 0 heterocycles. The molecule has 15 heavy (non-hydrogen) atoms. The number of allylic oxidation sites excluding steroid dienone is 1. The molecule has 0 aliphatic heterocycles. The number of ether oxygens (including phenoxy) is 1. The van der Waals surface area contributed by atoms with Crippen molar-refractivity contribution in [3.63, 3.8) is 0 Å². The summed E-state index contributed by atoms with van der Waals surface area (Å²) in [6.07, 6.45) is 6.02. The van der Waals surface area contributed by atoms with Crippen LogP contribution in [0.1, 0.15) is 32.6 Å². The van der Waals surface area contributed by atoms with E-state index in [9.17, 15) is 9.59 Å². The molecule has 0 saturated carbocycles. The van der Waals surface area contributed by atoms with Gasteiger partial charge in [0.2, 0.25) is 0 Å². The topological polar surface area (TPSA) is 69.4 Å². The normalized spacial score (nSPS) is 10.5. The molecule has 0 aliphatic rings. The average molecular weight is 213 g/mol. The third-order valence-corrected chi connectivity index (χ3v) is 1.79. The second-order valence-corrected chi connectivity index (χ2v) is 3.13. The number of carbonyl (C=O) groups is 2. The van der Waals surface area contributed by atoms with Crippen LogP contribution in [0.3, 0.4) is 0 Å². The van der Waals surface area contributed by atoms with Crippen LogP contribution in [0, 0.1) is 0 Å². The number of esters is 1. The summed E-state index contributed by atoms with van der Waals surface area (Å²) in [6, 6.07) is 0. The second-order valence-electron chi connectivity index (χ2n) is 3.13. The van der Waals surface area contributed by atoms with Crippen LogP contribution in [0.2, 0.25) is 0 Å². The highest BCUT2D eigenvalue weighted by molar-refractivity contribution is 5.84. The van der Waals surface area contributed by atoms with Crippen LogP contribution < -0.4 is 5.73 Å². The summed E-state index contributed by atoms with van der Waals surface area (Å²) in [5, 5.41) is 0. The molecule has 0 aliphatic carbocycles. The smallest absolute Gasteiger partial charge is 0.306 e. The minimum absolute atomic E-state index is 0.00742. The van der Waals surface area contributed by atoms with Crippen molar-refractivity contribution in [1.29, 1.82) is 0 Å². The first-order valence-electron chi connectivity index (χ1n) is 5.23. The summed E-state index contributed by atoms with van der Waals surface area (Å²) >= 11 is 0. The van der Waals surface area contributed by atoms with E-state index in [0.717, 1.165) is 12.8 Å². The van der Waals surface area contributed by atoms with Gasteiger partial charge in [0, 0.05) is 6.42 Å². The van der Waals surface area contributed by atoms with Crippen molar-refractivity contribution >= 4 is 11.8 Å². The summed E-state index contributed by atoms with van der Waals surface area (Å²) in [4.78, 5) is 21.8. The number of hydrogen-bond donors (Lipinski definition) is 1. The van der Waals surface area contributed by atoms with Crippen LogP contribution in [0.25, 0.3) is 0 Å². The number of Topliss-reactive ketones (excluding diaryl/α,β-unsaturated/α-hetero) is 1. The molecule has 0 aromatic heterocycles. The molecule has 0 bridgehead atoms. The van der Waals surface area contributed by atoms with E-state index in [1.54, 1.807) is 0 Å². The first-order chi connectivity index (χ1) is 7.20. The van der Waals surface area contributed by atoms with Gasteiger partial charge in [-0.25, -0.2) is 0 Å². The van der Waals surface area contributed by atoms with Crippen molar-refractivity contribution in [3.8, 4) is 0 Å². The van der Waals surface area contributed by atoms with Crippen molar-refractivity contribution in [1.82, 2.24) is 0 Å². The van der Waals surface area contributed by atoms with E-state index >= 15 is 0 Å². The summed E-state index contributed by atoms with van der Waals surface area (Å²) in [7, 11) is 0. The molecule has 0 aromatic carbocycles. The van der Waals surface area contributed by atoms with E-state index in [0.29, 0.717) is 6.61 Å². The van der Waals surface area contributed by atoms with Crippen molar-refractivity contribution in [2.24, 2.45) is 5.73 Å². The predicted molar refractivity (Wildman–Crippen MR) is 58.3 cm³/mol. The zero-order valence-electron chi connectivity index (χ0n) is 9.20. The van der Waals surface area contributed by atoms with E-state index < -0.39 is 0 Å². The molecule has 0 spiro atoms. The Morgan fingerprint density at radius 3 is 2.60 bits per heavy atom. The lowest BCUT2D eigenvalue weighted by atomic mass is 10.2. The summed E-state index contributed by atoms with van der Waals surface area (Å²) in [5.41, 5.74) is 5.10. The number of rotatable bonds is 8. The molecule has 86 valence electrons. The van der Waals surface area contributed by atoms with Gasteiger partial charge in [-0.1, -0.05) is 19.1 Å². The molecule has 4 heteroatoms. The minimum Gasteiger partial charge on any atom is -0.465 e. The Hall–Kier alpha value is -1.16. The number of nitrogens with two attached hydrogens (primary N) is 1. The van der Waals surface area contributed by atoms with Gasteiger partial charge in [0.15, 0.2) is 0 Å². The van der Waals surface area contributed by atoms with Crippen molar-refractivity contribution in [2.45, 2.75) is 32.6 Å². The van der Waals surface area contributed by atoms with Crippen LogP contribution in [0.4, 0.5) is 0 Å². The summed E-state index contributed by atoms with van der Waals surface area (Å²) in [6.45, 7) is 2.42. The third-order valence-electron chi connectivity index (χ3n) is 1.79. The number of hydrogen-bond acceptors (Lipinski definition) is 4. The molecule has 0 radical (unpaired) electrons. The van der Waals surface area contributed by atoms with Crippen molar-refractivity contribution < 1.29 is 14.3 Å². The van der Waals surface area contributed by atoms with E-state index in [4.69, 9.17) is 10.5 Å². The van der Waals surface area contributed by atoms with Gasteiger partial charge in [-0.2, -0.15) is 0 Å². The Kier molecular flexibility index (Phi) is 8.67. The van der Waals surface area contributed by atoms with E-state index in [-0.39, 0.29) is 31.1 Å². The molecule has 0 amide bonds. The van der Waals surface area contributed by atoms with Crippen LogP contribution in [0.15, 0.2) is 12.2 Å². The quantitative estimate of drug-likeness (QED) is 0.373. The Balaban J connectivity index is 3.41. The highest BCUT2D eigenvalue weighted by Gasteiger charge is 2.05. The van der Waals surface area contributed by atoms with Crippen LogP contribution in [-0.4, -0.2) is 24.9 Å². The van der Waals surface area contributed by atoms with Gasteiger partial charge in [-0.05, 0) is 12.8 Å². The predicted octanol–water partition coefficient (Wildman–Crippen LogP) is 1.19. The molecule has 0 unspecified atom stereocenters. The highest BCUT2D eigenvalue weighted by Crippen LogP contribution is 1.95. The second kappa shape index (κ2) is 9.40. The monoisotopic (exact) mass is 213 g/mol. The molecule has 0 atom stereocenters. The summed E-state index contributed by atoms with van der Waals surface area (Å²) in [5.74, 6) is -0.445. The van der Waals surface area contributed by atoms with Gasteiger partial charge >= 0.3 is 5.97 Å². The van der Waals surface area contributed by atoms with Gasteiger partial charge in [-0.15, -0.1) is 0 Å². The maximum absolute atomic E-state index is 11.1. The lowest BCUT2D eigenvalue weighted by Gasteiger charge is -2.01. The molecule has 0 saturated heterocycles. The lowest BCUT2D eigenvalue weighted by molar-refractivity contribution is -0.144. The Bertz CT molecular complexity index is 224. The maximum atomic E-state index is 11.1. The van der Waals surface area contributed by atoms with E-state index in [2.05, 4.69) is 0 Å².